The van der Waals surface area contributed by atoms with Crippen LogP contribution in [0.2, 0.25) is 0 Å². The lowest BCUT2D eigenvalue weighted by molar-refractivity contribution is -0.0999. The number of alkyl halides is 1. The van der Waals surface area contributed by atoms with E-state index in [-0.39, 0.29) is 5.17 Å². The number of hydroxylamine groups is 1. The number of rotatable bonds is 2. The fraction of sp³-hybridized carbons (Fsp3) is 1.00. The molecule has 0 bridgehead atoms. The highest BCUT2D eigenvalue weighted by Crippen LogP contribution is 1.97. The quantitative estimate of drug-likeness (QED) is 0.258. The van der Waals surface area contributed by atoms with Crippen molar-refractivity contribution in [2.75, 3.05) is 0 Å². The number of nitroso groups, excluding NO2 is 1. The Bertz CT molecular complexity index is 66.7. The average molecular weight is 125 g/mol. The van der Waals surface area contributed by atoms with Gasteiger partial charge in [0.15, 0.2) is 0 Å². The van der Waals surface area contributed by atoms with E-state index < -0.39 is 5.50 Å². The zero-order chi connectivity index (χ0) is 5.86. The van der Waals surface area contributed by atoms with Gasteiger partial charge in [0.1, 0.15) is 5.50 Å². The van der Waals surface area contributed by atoms with Crippen molar-refractivity contribution in [3.8, 4) is 0 Å². The second kappa shape index (κ2) is 2.76. The fourth-order valence-corrected chi connectivity index (χ4v) is 0.101. The van der Waals surface area contributed by atoms with E-state index in [4.69, 9.17) is 16.8 Å². The Morgan fingerprint density at radius 2 is 2.43 bits per heavy atom. The molecule has 0 aromatic rings. The Morgan fingerprint density at radius 1 is 2.00 bits per heavy atom. The van der Waals surface area contributed by atoms with Crippen molar-refractivity contribution in [2.45, 2.75) is 12.4 Å². The molecule has 0 aliphatic rings. The third-order valence-electron chi connectivity index (χ3n) is 0.402. The second-order valence-corrected chi connectivity index (χ2v) is 1.61. The maximum absolute atomic E-state index is 9.29. The maximum Gasteiger partial charge on any atom is 0.149 e. The minimum atomic E-state index is -0.752. The molecule has 0 aromatic heterocycles. The molecule has 1 unspecified atom stereocenters. The molecule has 0 amide bonds. The van der Waals surface area contributed by atoms with E-state index in [2.05, 4.69) is 5.29 Å². The first-order valence-electron chi connectivity index (χ1n) is 1.64. The van der Waals surface area contributed by atoms with Gasteiger partial charge in [0, 0.05) is 0 Å². The van der Waals surface area contributed by atoms with Crippen molar-refractivity contribution in [2.24, 2.45) is 5.29 Å². The van der Waals surface area contributed by atoms with Crippen LogP contribution in [0.4, 0.5) is 0 Å². The Balaban J connectivity index is 3.33. The largest absolute Gasteiger partial charge is 0.268 e. The molecule has 7 heavy (non-hydrogen) atoms. The van der Waals surface area contributed by atoms with Crippen LogP contribution < -0.4 is 0 Å². The Kier molecular flexibility index (Phi) is 2.62. The summed E-state index contributed by atoms with van der Waals surface area (Å²) in [6, 6.07) is 0. The van der Waals surface area contributed by atoms with Gasteiger partial charge in [-0.25, -0.2) is 0 Å². The van der Waals surface area contributed by atoms with Gasteiger partial charge < -0.3 is 0 Å². The Hall–Kier alpha value is -0.350. The van der Waals surface area contributed by atoms with Crippen LogP contribution in [0.15, 0.2) is 5.29 Å². The highest BCUT2D eigenvalue weighted by molar-refractivity contribution is 6.19. The molecular weight excluding hydrogens is 119 g/mol. The second-order valence-electron chi connectivity index (χ2n) is 0.976. The van der Waals surface area contributed by atoms with Crippen LogP contribution in [-0.2, 0) is 0 Å². The monoisotopic (exact) mass is 124 g/mol. The molecule has 0 rings (SSSR count). The first-order chi connectivity index (χ1) is 3.18. The number of hydrogen-bond donors (Lipinski definition) is 1. The molecule has 4 nitrogen and oxygen atoms in total. The van der Waals surface area contributed by atoms with E-state index in [9.17, 15) is 4.91 Å². The van der Waals surface area contributed by atoms with E-state index >= 15 is 0 Å². The van der Waals surface area contributed by atoms with Crippen LogP contribution in [0.25, 0.3) is 0 Å². The molecule has 1 atom stereocenters. The van der Waals surface area contributed by atoms with E-state index in [1.165, 1.54) is 6.92 Å². The van der Waals surface area contributed by atoms with Crippen LogP contribution in [0.1, 0.15) is 6.92 Å². The lowest BCUT2D eigenvalue weighted by Crippen LogP contribution is -2.17. The van der Waals surface area contributed by atoms with Crippen LogP contribution >= 0.6 is 11.6 Å². The van der Waals surface area contributed by atoms with E-state index in [0.717, 1.165) is 0 Å². The molecule has 0 aliphatic heterocycles. The van der Waals surface area contributed by atoms with Gasteiger partial charge in [-0.3, -0.25) is 5.21 Å². The van der Waals surface area contributed by atoms with Crippen molar-refractivity contribution in [3.63, 3.8) is 0 Å². The van der Waals surface area contributed by atoms with Crippen molar-refractivity contribution in [3.05, 3.63) is 4.91 Å². The predicted octanol–water partition coefficient (Wildman–Crippen LogP) is 0.944. The number of halogens is 1. The standard InChI is InChI=1S/C2H5ClN2O2/c1-2(3)5(7)4-6/h2,7H,1H3. The zero-order valence-electron chi connectivity index (χ0n) is 3.71. The summed E-state index contributed by atoms with van der Waals surface area (Å²) < 4.78 is 0. The average Bonchev–Trinajstić information content (AvgIpc) is 1.65. The fourth-order valence-electron chi connectivity index (χ4n) is 0.0650. The number of nitrogens with zero attached hydrogens (tertiary/aromatic N) is 2. The van der Waals surface area contributed by atoms with Crippen molar-refractivity contribution in [1.29, 1.82) is 0 Å². The lowest BCUT2D eigenvalue weighted by atomic mass is 10.8. The SMILES string of the molecule is CC(Cl)N(O)N=O. The van der Waals surface area contributed by atoms with E-state index in [0.29, 0.717) is 0 Å². The smallest absolute Gasteiger partial charge is 0.149 e. The maximum atomic E-state index is 9.29. The summed E-state index contributed by atoms with van der Waals surface area (Å²) in [5, 5.41) is 10.4. The van der Waals surface area contributed by atoms with E-state index in [1.807, 2.05) is 0 Å². The van der Waals surface area contributed by atoms with Crippen LogP contribution in [0.5, 0.6) is 0 Å². The first-order valence-corrected chi connectivity index (χ1v) is 2.07. The third kappa shape index (κ3) is 2.36. The molecule has 0 spiro atoms. The van der Waals surface area contributed by atoms with Crippen LogP contribution in [0.3, 0.4) is 0 Å². The van der Waals surface area contributed by atoms with Crippen molar-refractivity contribution < 1.29 is 5.21 Å². The van der Waals surface area contributed by atoms with Crippen molar-refractivity contribution >= 4 is 11.6 Å². The third-order valence-corrected chi connectivity index (χ3v) is 0.576. The molecule has 5 heteroatoms. The summed E-state index contributed by atoms with van der Waals surface area (Å²) >= 11 is 5.11. The van der Waals surface area contributed by atoms with Gasteiger partial charge in [-0.05, 0) is 6.92 Å². The van der Waals surface area contributed by atoms with Gasteiger partial charge in [-0.15, -0.1) is 10.1 Å². The van der Waals surface area contributed by atoms with Gasteiger partial charge >= 0.3 is 0 Å². The lowest BCUT2D eigenvalue weighted by Gasteiger charge is -2.05. The van der Waals surface area contributed by atoms with Gasteiger partial charge in [0.05, 0.1) is 5.29 Å². The Labute approximate surface area is 45.6 Å². The summed E-state index contributed by atoms with van der Waals surface area (Å²) in [6.45, 7) is 1.42. The van der Waals surface area contributed by atoms with Gasteiger partial charge in [0.2, 0.25) is 0 Å². The van der Waals surface area contributed by atoms with E-state index in [1.54, 1.807) is 0 Å². The summed E-state index contributed by atoms with van der Waals surface area (Å²) in [4.78, 5) is 9.29. The van der Waals surface area contributed by atoms with Crippen LogP contribution in [-0.4, -0.2) is 15.9 Å². The summed E-state index contributed by atoms with van der Waals surface area (Å²) in [6.07, 6.45) is 0. The molecule has 0 aromatic carbocycles. The normalized spacial score (nSPS) is 13.0. The highest BCUT2D eigenvalue weighted by Gasteiger charge is 2.02. The Morgan fingerprint density at radius 3 is 2.43 bits per heavy atom. The molecule has 0 radical (unpaired) electrons. The molecule has 0 saturated carbocycles. The molecule has 0 saturated heterocycles. The topological polar surface area (TPSA) is 52.9 Å². The number of hydrogen-bond acceptors (Lipinski definition) is 3. The van der Waals surface area contributed by atoms with Gasteiger partial charge in [-0.1, -0.05) is 11.6 Å². The minimum Gasteiger partial charge on any atom is -0.268 e. The molecule has 1 N–H and O–H groups in total. The molecular formula is C2H5ClN2O2. The zero-order valence-corrected chi connectivity index (χ0v) is 4.46. The van der Waals surface area contributed by atoms with Crippen molar-refractivity contribution in [1.82, 2.24) is 5.17 Å². The molecule has 0 heterocycles. The van der Waals surface area contributed by atoms with Gasteiger partial charge in [0.25, 0.3) is 0 Å². The van der Waals surface area contributed by atoms with Gasteiger partial charge in [-0.2, -0.15) is 0 Å². The van der Waals surface area contributed by atoms with Crippen LogP contribution in [0, 0.1) is 4.91 Å². The predicted molar refractivity (Wildman–Crippen MR) is 24.7 cm³/mol. The first kappa shape index (κ1) is 6.65. The molecule has 0 aliphatic carbocycles. The summed E-state index contributed by atoms with van der Waals surface area (Å²) in [5.74, 6) is 0. The highest BCUT2D eigenvalue weighted by atomic mass is 35.5. The minimum absolute atomic E-state index is 0.127. The molecule has 42 valence electrons. The summed E-state index contributed by atoms with van der Waals surface area (Å²) in [7, 11) is 0. The molecule has 0 fully saturated rings. The summed E-state index contributed by atoms with van der Waals surface area (Å²) in [5.41, 5.74) is -0.752.